The van der Waals surface area contributed by atoms with Gasteiger partial charge in [0.25, 0.3) is 0 Å². The number of hydrogen-bond acceptors (Lipinski definition) is 3. The molecule has 2 aromatic rings. The Morgan fingerprint density at radius 1 is 1.06 bits per heavy atom. The van der Waals surface area contributed by atoms with Crippen LogP contribution in [0.25, 0.3) is 0 Å². The zero-order valence-corrected chi connectivity index (χ0v) is 10.8. The van der Waals surface area contributed by atoms with Crippen molar-refractivity contribution in [2.24, 2.45) is 5.14 Å². The van der Waals surface area contributed by atoms with E-state index in [2.05, 4.69) is 0 Å². The Hall–Kier alpha value is -1.17. The minimum absolute atomic E-state index is 0.233. The molecule has 3 nitrogen and oxygen atoms in total. The Kier molecular flexibility index (Phi) is 3.61. The van der Waals surface area contributed by atoms with Crippen molar-refractivity contribution in [1.29, 1.82) is 0 Å². The highest BCUT2D eigenvalue weighted by Crippen LogP contribution is 2.18. The predicted molar refractivity (Wildman–Crippen MR) is 69.5 cm³/mol. The van der Waals surface area contributed by atoms with Gasteiger partial charge < -0.3 is 0 Å². The smallest absolute Gasteiger partial charge is 0.225 e. The molecule has 2 N–H and O–H groups in total. The Balaban J connectivity index is 2.22. The second-order valence-electron chi connectivity index (χ2n) is 3.73. The molecule has 1 aromatic carbocycles. The van der Waals surface area contributed by atoms with Crippen LogP contribution in [0.2, 0.25) is 0 Å². The number of thiophene rings is 1. The van der Waals surface area contributed by atoms with Gasteiger partial charge in [-0.25, -0.2) is 13.6 Å². The third kappa shape index (κ3) is 3.15. The lowest BCUT2D eigenvalue weighted by Gasteiger charge is -2.06. The van der Waals surface area contributed by atoms with E-state index >= 15 is 0 Å². The van der Waals surface area contributed by atoms with Crippen LogP contribution >= 0.6 is 11.3 Å². The molecule has 0 aliphatic carbocycles. The summed E-state index contributed by atoms with van der Waals surface area (Å²) in [5, 5.41) is 7.20. The SMILES string of the molecule is NS(=O)(=O)c1ccccc1CCc1cccs1. The molecule has 90 valence electrons. The molecule has 17 heavy (non-hydrogen) atoms. The summed E-state index contributed by atoms with van der Waals surface area (Å²) in [5.74, 6) is 0. The molecule has 0 atom stereocenters. The number of hydrogen-bond donors (Lipinski definition) is 1. The van der Waals surface area contributed by atoms with Crippen LogP contribution in [0.3, 0.4) is 0 Å². The monoisotopic (exact) mass is 267 g/mol. The molecule has 0 aliphatic heterocycles. The number of primary sulfonamides is 1. The van der Waals surface area contributed by atoms with Gasteiger partial charge >= 0.3 is 0 Å². The Morgan fingerprint density at radius 3 is 2.47 bits per heavy atom. The summed E-state index contributed by atoms with van der Waals surface area (Å²) in [4.78, 5) is 1.48. The van der Waals surface area contributed by atoms with Crippen LogP contribution in [0, 0.1) is 0 Å². The van der Waals surface area contributed by atoms with Crippen LogP contribution in [-0.2, 0) is 22.9 Å². The minimum Gasteiger partial charge on any atom is -0.225 e. The van der Waals surface area contributed by atoms with Gasteiger partial charge in [0.05, 0.1) is 4.90 Å². The topological polar surface area (TPSA) is 60.2 Å². The molecule has 1 aromatic heterocycles. The number of nitrogens with two attached hydrogens (primary N) is 1. The van der Waals surface area contributed by atoms with Gasteiger partial charge in [-0.05, 0) is 35.9 Å². The minimum atomic E-state index is -3.62. The van der Waals surface area contributed by atoms with Gasteiger partial charge in [0.15, 0.2) is 0 Å². The molecule has 0 saturated carbocycles. The van der Waals surface area contributed by atoms with Gasteiger partial charge in [-0.2, -0.15) is 0 Å². The number of sulfonamides is 1. The summed E-state index contributed by atoms with van der Waals surface area (Å²) in [6, 6.07) is 10.9. The van der Waals surface area contributed by atoms with Gasteiger partial charge in [-0.3, -0.25) is 0 Å². The lowest BCUT2D eigenvalue weighted by atomic mass is 10.1. The van der Waals surface area contributed by atoms with Crippen molar-refractivity contribution in [2.45, 2.75) is 17.7 Å². The molecule has 0 amide bonds. The molecule has 0 fully saturated rings. The van der Waals surface area contributed by atoms with Crippen LogP contribution in [0.1, 0.15) is 10.4 Å². The Bertz CT molecular complexity index is 589. The quantitative estimate of drug-likeness (QED) is 0.923. The van der Waals surface area contributed by atoms with Gasteiger partial charge in [-0.15, -0.1) is 11.3 Å². The normalized spacial score (nSPS) is 11.6. The Labute approximate surface area is 105 Å². The lowest BCUT2D eigenvalue weighted by Crippen LogP contribution is -2.14. The summed E-state index contributed by atoms with van der Waals surface area (Å²) in [7, 11) is -3.62. The molecule has 0 unspecified atom stereocenters. The second kappa shape index (κ2) is 5.00. The first-order valence-electron chi connectivity index (χ1n) is 5.20. The van der Waals surface area contributed by atoms with E-state index in [1.165, 1.54) is 4.88 Å². The summed E-state index contributed by atoms with van der Waals surface area (Å²) in [6.07, 6.45) is 1.53. The third-order valence-electron chi connectivity index (χ3n) is 2.50. The number of benzene rings is 1. The maximum absolute atomic E-state index is 11.4. The van der Waals surface area contributed by atoms with Gasteiger partial charge in [0.1, 0.15) is 0 Å². The first-order valence-corrected chi connectivity index (χ1v) is 7.63. The molecule has 2 rings (SSSR count). The first kappa shape index (κ1) is 12.3. The van der Waals surface area contributed by atoms with E-state index in [0.29, 0.717) is 6.42 Å². The molecule has 0 aliphatic rings. The zero-order valence-electron chi connectivity index (χ0n) is 9.17. The largest absolute Gasteiger partial charge is 0.238 e. The van der Waals surface area contributed by atoms with Gasteiger partial charge in [-0.1, -0.05) is 24.3 Å². The van der Waals surface area contributed by atoms with Crippen molar-refractivity contribution < 1.29 is 8.42 Å². The van der Waals surface area contributed by atoms with Crippen LogP contribution in [-0.4, -0.2) is 8.42 Å². The maximum Gasteiger partial charge on any atom is 0.238 e. The van der Waals surface area contributed by atoms with Crippen molar-refractivity contribution in [3.8, 4) is 0 Å². The molecular formula is C12H13NO2S2. The van der Waals surface area contributed by atoms with Crippen LogP contribution in [0.15, 0.2) is 46.7 Å². The van der Waals surface area contributed by atoms with Crippen molar-refractivity contribution in [1.82, 2.24) is 0 Å². The molecule has 0 saturated heterocycles. The average Bonchev–Trinajstić information content (AvgIpc) is 2.78. The summed E-state index contributed by atoms with van der Waals surface area (Å²) in [6.45, 7) is 0. The van der Waals surface area contributed by atoms with E-state index in [1.807, 2.05) is 29.6 Å². The average molecular weight is 267 g/mol. The van der Waals surface area contributed by atoms with Crippen LogP contribution in [0.4, 0.5) is 0 Å². The van der Waals surface area contributed by atoms with Gasteiger partial charge in [0.2, 0.25) is 10.0 Å². The van der Waals surface area contributed by atoms with E-state index in [0.717, 1.165) is 12.0 Å². The van der Waals surface area contributed by atoms with Crippen molar-refractivity contribution >= 4 is 21.4 Å². The standard InChI is InChI=1S/C12H13NO2S2/c13-17(14,15)12-6-2-1-4-10(12)7-8-11-5-3-9-16-11/h1-6,9H,7-8H2,(H2,13,14,15). The lowest BCUT2D eigenvalue weighted by molar-refractivity contribution is 0.596. The van der Waals surface area contributed by atoms with Crippen molar-refractivity contribution in [3.05, 3.63) is 52.2 Å². The van der Waals surface area contributed by atoms with E-state index in [-0.39, 0.29) is 4.90 Å². The maximum atomic E-state index is 11.4. The van der Waals surface area contributed by atoms with E-state index in [4.69, 9.17) is 5.14 Å². The number of rotatable bonds is 4. The Morgan fingerprint density at radius 2 is 1.82 bits per heavy atom. The molecule has 1 heterocycles. The summed E-state index contributed by atoms with van der Waals surface area (Å²) < 4.78 is 22.8. The molecule has 5 heteroatoms. The molecule has 0 bridgehead atoms. The fourth-order valence-electron chi connectivity index (χ4n) is 1.70. The highest BCUT2D eigenvalue weighted by molar-refractivity contribution is 7.89. The van der Waals surface area contributed by atoms with E-state index < -0.39 is 10.0 Å². The molecule has 0 radical (unpaired) electrons. The zero-order chi connectivity index (χ0) is 12.3. The molecule has 0 spiro atoms. The van der Waals surface area contributed by atoms with E-state index in [1.54, 1.807) is 23.5 Å². The number of aryl methyl sites for hydroxylation is 2. The predicted octanol–water partition coefficient (Wildman–Crippen LogP) is 2.18. The summed E-state index contributed by atoms with van der Waals surface area (Å²) >= 11 is 1.67. The highest BCUT2D eigenvalue weighted by atomic mass is 32.2. The third-order valence-corrected chi connectivity index (χ3v) is 4.45. The van der Waals surface area contributed by atoms with Crippen LogP contribution < -0.4 is 5.14 Å². The van der Waals surface area contributed by atoms with Gasteiger partial charge in [0, 0.05) is 4.88 Å². The molecular weight excluding hydrogens is 254 g/mol. The van der Waals surface area contributed by atoms with Crippen LogP contribution in [0.5, 0.6) is 0 Å². The summed E-state index contributed by atoms with van der Waals surface area (Å²) in [5.41, 5.74) is 0.781. The fourth-order valence-corrected chi connectivity index (χ4v) is 3.21. The first-order chi connectivity index (χ1) is 8.07. The fraction of sp³-hybridized carbons (Fsp3) is 0.167. The highest BCUT2D eigenvalue weighted by Gasteiger charge is 2.12. The second-order valence-corrected chi connectivity index (χ2v) is 6.29. The van der Waals surface area contributed by atoms with Crippen molar-refractivity contribution in [3.63, 3.8) is 0 Å². The van der Waals surface area contributed by atoms with Crippen molar-refractivity contribution in [2.75, 3.05) is 0 Å². The van der Waals surface area contributed by atoms with E-state index in [9.17, 15) is 8.42 Å².